The summed E-state index contributed by atoms with van der Waals surface area (Å²) >= 11 is 1.71. The van der Waals surface area contributed by atoms with E-state index >= 15 is 0 Å². The molecule has 0 atom stereocenters. The fraction of sp³-hybridized carbons (Fsp3) is 0.600. The van der Waals surface area contributed by atoms with Crippen LogP contribution >= 0.6 is 11.8 Å². The molecule has 0 aromatic carbocycles. The molecule has 1 aromatic rings. The van der Waals surface area contributed by atoms with Crippen molar-refractivity contribution in [2.75, 3.05) is 23.9 Å². The van der Waals surface area contributed by atoms with Crippen LogP contribution in [-0.4, -0.2) is 27.5 Å². The van der Waals surface area contributed by atoms with E-state index in [1.54, 1.807) is 11.8 Å². The van der Waals surface area contributed by atoms with Crippen molar-refractivity contribution >= 4 is 23.4 Å². The molecule has 3 N–H and O–H groups in total. The van der Waals surface area contributed by atoms with Gasteiger partial charge in [-0.05, 0) is 19.1 Å². The minimum Gasteiger partial charge on any atom is -0.384 e. The zero-order valence-electron chi connectivity index (χ0n) is 9.71. The van der Waals surface area contributed by atoms with Gasteiger partial charge < -0.3 is 11.1 Å². The average Bonchev–Trinajstić information content (AvgIpc) is 3.05. The van der Waals surface area contributed by atoms with Gasteiger partial charge in [0.05, 0.1) is 0 Å². The lowest BCUT2D eigenvalue weighted by Gasteiger charge is -2.14. The van der Waals surface area contributed by atoms with Crippen LogP contribution in [0, 0.1) is 0 Å². The highest BCUT2D eigenvalue weighted by Crippen LogP contribution is 2.47. The Morgan fingerprint density at radius 1 is 1.44 bits per heavy atom. The number of anilines is 2. The molecular formula is C10H13F3N4S. The summed E-state index contributed by atoms with van der Waals surface area (Å²) in [4.78, 5) is 6.62. The van der Waals surface area contributed by atoms with Gasteiger partial charge in [0.2, 0.25) is 5.82 Å². The first-order valence-corrected chi connectivity index (χ1v) is 6.58. The van der Waals surface area contributed by atoms with Crippen molar-refractivity contribution in [1.82, 2.24) is 9.97 Å². The Morgan fingerprint density at radius 3 is 2.61 bits per heavy atom. The summed E-state index contributed by atoms with van der Waals surface area (Å²) in [7, 11) is 0. The van der Waals surface area contributed by atoms with Gasteiger partial charge >= 0.3 is 6.18 Å². The lowest BCUT2D eigenvalue weighted by molar-refractivity contribution is -0.144. The Bertz CT molecular complexity index is 445. The molecule has 0 spiro atoms. The first kappa shape index (κ1) is 13.3. The van der Waals surface area contributed by atoms with Gasteiger partial charge in [0.1, 0.15) is 11.6 Å². The first-order chi connectivity index (χ1) is 8.35. The molecular weight excluding hydrogens is 265 g/mol. The smallest absolute Gasteiger partial charge is 0.384 e. The predicted octanol–water partition coefficient (Wildman–Crippen LogP) is 2.39. The average molecular weight is 278 g/mol. The summed E-state index contributed by atoms with van der Waals surface area (Å²) in [5.74, 6) is -1.28. The SMILES string of the molecule is CSC1(CNc2cc(N)nc(C(F)(F)F)n2)CC1. The van der Waals surface area contributed by atoms with Crippen molar-refractivity contribution in [2.24, 2.45) is 0 Å². The molecule has 0 unspecified atom stereocenters. The van der Waals surface area contributed by atoms with Gasteiger partial charge in [0.15, 0.2) is 0 Å². The summed E-state index contributed by atoms with van der Waals surface area (Å²) in [6.45, 7) is 0.585. The Morgan fingerprint density at radius 2 is 2.11 bits per heavy atom. The van der Waals surface area contributed by atoms with Crippen LogP contribution in [0.1, 0.15) is 18.7 Å². The normalized spacial score (nSPS) is 17.6. The van der Waals surface area contributed by atoms with Gasteiger partial charge in [-0.15, -0.1) is 0 Å². The third kappa shape index (κ3) is 2.98. The van der Waals surface area contributed by atoms with Gasteiger partial charge in [-0.25, -0.2) is 9.97 Å². The highest BCUT2D eigenvalue weighted by molar-refractivity contribution is 8.00. The van der Waals surface area contributed by atoms with E-state index in [2.05, 4.69) is 15.3 Å². The standard InChI is InChI=1S/C10H13F3N4S/c1-18-9(2-3-9)5-15-7-4-6(14)16-8(17-7)10(11,12)13/h4H,2-3,5H2,1H3,(H3,14,15,16,17). The minimum atomic E-state index is -4.58. The van der Waals surface area contributed by atoms with E-state index in [0.717, 1.165) is 12.8 Å². The molecule has 1 fully saturated rings. The van der Waals surface area contributed by atoms with E-state index < -0.39 is 12.0 Å². The molecule has 2 rings (SSSR count). The lowest BCUT2D eigenvalue weighted by atomic mass is 10.4. The quantitative estimate of drug-likeness (QED) is 0.885. The lowest BCUT2D eigenvalue weighted by Crippen LogP contribution is -2.20. The maximum Gasteiger partial charge on any atom is 0.451 e. The zero-order valence-corrected chi connectivity index (χ0v) is 10.5. The second kappa shape index (κ2) is 4.49. The Kier molecular flexibility index (Phi) is 3.31. The van der Waals surface area contributed by atoms with Gasteiger partial charge in [-0.1, -0.05) is 0 Å². The molecule has 4 nitrogen and oxygen atoms in total. The summed E-state index contributed by atoms with van der Waals surface area (Å²) in [6.07, 6.45) is -0.464. The minimum absolute atomic E-state index is 0.121. The molecule has 100 valence electrons. The molecule has 8 heteroatoms. The van der Waals surface area contributed by atoms with Crippen molar-refractivity contribution in [3.63, 3.8) is 0 Å². The fourth-order valence-corrected chi connectivity index (χ4v) is 2.25. The monoisotopic (exact) mass is 278 g/mol. The van der Waals surface area contributed by atoms with E-state index in [0.29, 0.717) is 6.54 Å². The van der Waals surface area contributed by atoms with Crippen LogP contribution in [0.5, 0.6) is 0 Å². The summed E-state index contributed by atoms with van der Waals surface area (Å²) in [6, 6.07) is 1.31. The number of aromatic nitrogens is 2. The molecule has 0 radical (unpaired) electrons. The van der Waals surface area contributed by atoms with Gasteiger partial charge in [0, 0.05) is 17.4 Å². The van der Waals surface area contributed by atoms with Crippen molar-refractivity contribution in [3.05, 3.63) is 11.9 Å². The zero-order chi connectivity index (χ0) is 13.4. The molecule has 1 aliphatic rings. The Balaban J connectivity index is 2.11. The van der Waals surface area contributed by atoms with Gasteiger partial charge in [-0.3, -0.25) is 0 Å². The Hall–Kier alpha value is -1.18. The molecule has 1 aliphatic carbocycles. The molecule has 0 bridgehead atoms. The maximum absolute atomic E-state index is 12.5. The van der Waals surface area contributed by atoms with Crippen LogP contribution in [0.4, 0.5) is 24.8 Å². The van der Waals surface area contributed by atoms with Crippen molar-refractivity contribution < 1.29 is 13.2 Å². The van der Waals surface area contributed by atoms with E-state index in [-0.39, 0.29) is 16.4 Å². The van der Waals surface area contributed by atoms with Crippen LogP contribution in [0.15, 0.2) is 6.07 Å². The molecule has 18 heavy (non-hydrogen) atoms. The van der Waals surface area contributed by atoms with Crippen LogP contribution in [0.25, 0.3) is 0 Å². The number of halogens is 3. The number of nitrogen functional groups attached to an aromatic ring is 1. The molecule has 0 amide bonds. The molecule has 0 aliphatic heterocycles. The second-order valence-electron chi connectivity index (χ2n) is 4.24. The number of nitrogens with zero attached hydrogens (tertiary/aromatic N) is 2. The topological polar surface area (TPSA) is 63.8 Å². The third-order valence-corrected chi connectivity index (χ3v) is 4.25. The van der Waals surface area contributed by atoms with Crippen LogP contribution < -0.4 is 11.1 Å². The van der Waals surface area contributed by atoms with E-state index in [1.807, 2.05) is 6.26 Å². The number of hydrogen-bond donors (Lipinski definition) is 2. The number of thioether (sulfide) groups is 1. The molecule has 1 aromatic heterocycles. The fourth-order valence-electron chi connectivity index (χ4n) is 1.53. The van der Waals surface area contributed by atoms with E-state index in [9.17, 15) is 13.2 Å². The number of nitrogens with two attached hydrogens (primary N) is 1. The van der Waals surface area contributed by atoms with Crippen LogP contribution in [0.3, 0.4) is 0 Å². The van der Waals surface area contributed by atoms with Crippen molar-refractivity contribution in [1.29, 1.82) is 0 Å². The van der Waals surface area contributed by atoms with Crippen LogP contribution in [-0.2, 0) is 6.18 Å². The number of hydrogen-bond acceptors (Lipinski definition) is 5. The Labute approximate surface area is 107 Å². The highest BCUT2D eigenvalue weighted by atomic mass is 32.2. The summed E-state index contributed by atoms with van der Waals surface area (Å²) < 4.78 is 37.6. The summed E-state index contributed by atoms with van der Waals surface area (Å²) in [5.41, 5.74) is 5.35. The number of nitrogens with one attached hydrogen (secondary N) is 1. The maximum atomic E-state index is 12.5. The highest BCUT2D eigenvalue weighted by Gasteiger charge is 2.42. The second-order valence-corrected chi connectivity index (χ2v) is 5.51. The molecule has 1 saturated carbocycles. The first-order valence-electron chi connectivity index (χ1n) is 5.35. The third-order valence-electron chi connectivity index (χ3n) is 2.83. The van der Waals surface area contributed by atoms with Gasteiger partial charge in [-0.2, -0.15) is 24.9 Å². The van der Waals surface area contributed by atoms with Crippen LogP contribution in [0.2, 0.25) is 0 Å². The number of rotatable bonds is 4. The predicted molar refractivity (Wildman–Crippen MR) is 65.4 cm³/mol. The molecule has 0 saturated heterocycles. The van der Waals surface area contributed by atoms with Crippen molar-refractivity contribution in [3.8, 4) is 0 Å². The van der Waals surface area contributed by atoms with E-state index in [1.165, 1.54) is 6.07 Å². The van der Waals surface area contributed by atoms with E-state index in [4.69, 9.17) is 5.73 Å². The summed E-state index contributed by atoms with van der Waals surface area (Å²) in [5, 5.41) is 2.90. The molecule has 1 heterocycles. The van der Waals surface area contributed by atoms with Gasteiger partial charge in [0.25, 0.3) is 0 Å². The van der Waals surface area contributed by atoms with Crippen molar-refractivity contribution in [2.45, 2.75) is 23.8 Å². The number of alkyl halides is 3. The largest absolute Gasteiger partial charge is 0.451 e.